The zero-order valence-corrected chi connectivity index (χ0v) is 15.4. The summed E-state index contributed by atoms with van der Waals surface area (Å²) >= 11 is 0. The number of piperidine rings is 1. The number of hydrogen-bond acceptors (Lipinski definition) is 3. The third-order valence-electron chi connectivity index (χ3n) is 5.55. The number of ether oxygens (including phenoxy) is 1. The van der Waals surface area contributed by atoms with Gasteiger partial charge in [-0.2, -0.15) is 0 Å². The predicted octanol–water partition coefficient (Wildman–Crippen LogP) is 3.41. The van der Waals surface area contributed by atoms with E-state index >= 15 is 0 Å². The maximum absolute atomic E-state index is 9.75. The molecule has 1 N–H and O–H groups in total. The van der Waals surface area contributed by atoms with Crippen molar-refractivity contribution in [3.05, 3.63) is 30.0 Å². The number of benzene rings is 1. The molecule has 1 aromatic heterocycles. The summed E-state index contributed by atoms with van der Waals surface area (Å²) in [5.41, 5.74) is 2.66. The van der Waals surface area contributed by atoms with E-state index in [9.17, 15) is 5.11 Å². The summed E-state index contributed by atoms with van der Waals surface area (Å²) < 4.78 is 8.24. The molecule has 1 saturated carbocycles. The average molecular weight is 352 g/mol. The van der Waals surface area contributed by atoms with Gasteiger partial charge in [0.25, 0.3) is 0 Å². The van der Waals surface area contributed by atoms with Gasteiger partial charge in [-0.05, 0) is 55.4 Å². The number of nitrogens with zero attached hydrogens (tertiary/aromatic N) is 2. The van der Waals surface area contributed by atoms with E-state index in [-0.39, 0.29) is 6.10 Å². The van der Waals surface area contributed by atoms with Crippen LogP contribution >= 0.6 is 0 Å². The highest BCUT2D eigenvalue weighted by Crippen LogP contribution is 2.34. The van der Waals surface area contributed by atoms with Crippen LogP contribution < -0.4 is 4.74 Å². The fourth-order valence-electron chi connectivity index (χ4n) is 3.84. The van der Waals surface area contributed by atoms with Crippen molar-refractivity contribution in [1.29, 1.82) is 0 Å². The van der Waals surface area contributed by atoms with Crippen LogP contribution in [0.25, 0.3) is 10.9 Å². The molecule has 1 saturated heterocycles. The normalized spacial score (nSPS) is 18.9. The van der Waals surface area contributed by atoms with Crippen molar-refractivity contribution in [1.82, 2.24) is 9.47 Å². The van der Waals surface area contributed by atoms with E-state index in [0.717, 1.165) is 50.7 Å². The van der Waals surface area contributed by atoms with Crippen LogP contribution in [-0.4, -0.2) is 40.4 Å². The van der Waals surface area contributed by atoms with Gasteiger partial charge in [0, 0.05) is 49.7 Å². The summed E-state index contributed by atoms with van der Waals surface area (Å²) in [5, 5.41) is 11.0. The Morgan fingerprint density at radius 3 is 2.73 bits per heavy atom. The van der Waals surface area contributed by atoms with Crippen molar-refractivity contribution < 1.29 is 9.84 Å². The van der Waals surface area contributed by atoms with Crippen LogP contribution in [0, 0.1) is 18.3 Å². The minimum atomic E-state index is -0.126. The molecule has 4 rings (SSSR count). The van der Waals surface area contributed by atoms with E-state index in [1.54, 1.807) is 0 Å². The zero-order valence-electron chi connectivity index (χ0n) is 15.4. The molecule has 0 unspecified atom stereocenters. The fraction of sp³-hybridized carbons (Fsp3) is 0.545. The van der Waals surface area contributed by atoms with Crippen molar-refractivity contribution in [3.8, 4) is 18.1 Å². The summed E-state index contributed by atoms with van der Waals surface area (Å²) in [4.78, 5) is 2.45. The molecule has 1 aromatic carbocycles. The molecule has 4 nitrogen and oxygen atoms in total. The molecule has 0 radical (unpaired) electrons. The molecule has 1 aliphatic carbocycles. The van der Waals surface area contributed by atoms with Crippen molar-refractivity contribution in [3.63, 3.8) is 0 Å². The van der Waals surface area contributed by atoms with E-state index in [4.69, 9.17) is 11.2 Å². The van der Waals surface area contributed by atoms with Gasteiger partial charge >= 0.3 is 0 Å². The molecule has 4 heteroatoms. The first kappa shape index (κ1) is 17.5. The maximum Gasteiger partial charge on any atom is 0.120 e. The van der Waals surface area contributed by atoms with Crippen LogP contribution in [0.2, 0.25) is 0 Å². The van der Waals surface area contributed by atoms with Gasteiger partial charge < -0.3 is 14.4 Å². The van der Waals surface area contributed by atoms with Crippen LogP contribution in [0.3, 0.4) is 0 Å². The summed E-state index contributed by atoms with van der Waals surface area (Å²) in [6, 6.07) is 6.42. The molecule has 138 valence electrons. The summed E-state index contributed by atoms with van der Waals surface area (Å²) in [6.45, 7) is 4.55. The first-order valence-corrected chi connectivity index (χ1v) is 9.81. The van der Waals surface area contributed by atoms with Gasteiger partial charge in [0.2, 0.25) is 0 Å². The minimum Gasteiger partial charge on any atom is -0.493 e. The maximum atomic E-state index is 9.75. The number of hydrogen-bond donors (Lipinski definition) is 1. The van der Waals surface area contributed by atoms with E-state index in [1.807, 2.05) is 0 Å². The van der Waals surface area contributed by atoms with Crippen molar-refractivity contribution in [2.75, 3.05) is 19.7 Å². The van der Waals surface area contributed by atoms with Gasteiger partial charge in [0.05, 0.1) is 12.7 Å². The third-order valence-corrected chi connectivity index (χ3v) is 5.55. The quantitative estimate of drug-likeness (QED) is 0.613. The molecule has 2 aromatic rings. The molecular formula is C22H28N2O2. The number of fused-ring (bicyclic) bond motifs is 1. The number of likely N-dealkylation sites (tertiary alicyclic amines) is 1. The summed E-state index contributed by atoms with van der Waals surface area (Å²) in [6.07, 6.45) is 12.6. The van der Waals surface area contributed by atoms with Gasteiger partial charge in [-0.3, -0.25) is 4.90 Å². The smallest absolute Gasteiger partial charge is 0.120 e. The summed E-state index contributed by atoms with van der Waals surface area (Å²) in [7, 11) is 0. The SMILES string of the molecule is C#CCCOc1ccc2c(c1)c(CN1CCC(O)CC1)cn2CC1CC1. The molecule has 0 atom stereocenters. The largest absolute Gasteiger partial charge is 0.493 e. The average Bonchev–Trinajstić information content (AvgIpc) is 3.40. The minimum absolute atomic E-state index is 0.126. The predicted molar refractivity (Wildman–Crippen MR) is 104 cm³/mol. The Bertz CT molecular complexity index is 792. The lowest BCUT2D eigenvalue weighted by Crippen LogP contribution is -2.35. The molecule has 2 fully saturated rings. The summed E-state index contributed by atoms with van der Waals surface area (Å²) in [5.74, 6) is 4.36. The Kier molecular flexibility index (Phi) is 5.19. The molecule has 1 aliphatic heterocycles. The highest BCUT2D eigenvalue weighted by Gasteiger charge is 2.24. The number of terminal acetylenes is 1. The second-order valence-electron chi connectivity index (χ2n) is 7.74. The van der Waals surface area contributed by atoms with Crippen molar-refractivity contribution in [2.24, 2.45) is 5.92 Å². The zero-order chi connectivity index (χ0) is 17.9. The van der Waals surface area contributed by atoms with Crippen LogP contribution in [0.1, 0.15) is 37.7 Å². The topological polar surface area (TPSA) is 37.6 Å². The molecule has 26 heavy (non-hydrogen) atoms. The molecular weight excluding hydrogens is 324 g/mol. The van der Waals surface area contributed by atoms with E-state index in [1.165, 1.54) is 29.3 Å². The Hall–Kier alpha value is -1.96. The highest BCUT2D eigenvalue weighted by molar-refractivity contribution is 5.85. The Morgan fingerprint density at radius 1 is 1.19 bits per heavy atom. The van der Waals surface area contributed by atoms with Crippen molar-refractivity contribution in [2.45, 2.75) is 51.3 Å². The molecule has 0 bridgehead atoms. The number of aliphatic hydroxyl groups excluding tert-OH is 1. The van der Waals surface area contributed by atoms with E-state index < -0.39 is 0 Å². The molecule has 0 spiro atoms. The molecule has 0 amide bonds. The number of aliphatic hydroxyl groups is 1. The Labute approximate surface area is 155 Å². The first-order chi connectivity index (χ1) is 12.7. The fourth-order valence-corrected chi connectivity index (χ4v) is 3.84. The number of aromatic nitrogens is 1. The van der Waals surface area contributed by atoms with Crippen LogP contribution in [0.4, 0.5) is 0 Å². The van der Waals surface area contributed by atoms with Crippen LogP contribution in [-0.2, 0) is 13.1 Å². The molecule has 2 heterocycles. The lowest BCUT2D eigenvalue weighted by atomic mass is 10.1. The number of rotatable bonds is 7. The monoisotopic (exact) mass is 352 g/mol. The van der Waals surface area contributed by atoms with Crippen LogP contribution in [0.15, 0.2) is 24.4 Å². The lowest BCUT2D eigenvalue weighted by Gasteiger charge is -2.29. The van der Waals surface area contributed by atoms with Crippen LogP contribution in [0.5, 0.6) is 5.75 Å². The standard InChI is InChI=1S/C22H28N2O2/c1-2-3-12-26-20-6-7-22-21(13-20)18(16-24(22)14-17-4-5-17)15-23-10-8-19(25)9-11-23/h1,6-7,13,16-17,19,25H,3-5,8-12,14-15H2. The van der Waals surface area contributed by atoms with E-state index in [0.29, 0.717) is 13.0 Å². The Balaban J connectivity index is 1.58. The third kappa shape index (κ3) is 4.06. The highest BCUT2D eigenvalue weighted by atomic mass is 16.5. The second kappa shape index (κ2) is 7.73. The molecule has 2 aliphatic rings. The van der Waals surface area contributed by atoms with E-state index in [2.05, 4.69) is 39.8 Å². The van der Waals surface area contributed by atoms with Gasteiger partial charge in [0.1, 0.15) is 5.75 Å². The second-order valence-corrected chi connectivity index (χ2v) is 7.74. The van der Waals surface area contributed by atoms with Gasteiger partial charge in [0.15, 0.2) is 0 Å². The van der Waals surface area contributed by atoms with Gasteiger partial charge in [-0.15, -0.1) is 12.3 Å². The lowest BCUT2D eigenvalue weighted by molar-refractivity contribution is 0.0794. The van der Waals surface area contributed by atoms with Gasteiger partial charge in [-0.1, -0.05) is 0 Å². The Morgan fingerprint density at radius 2 is 2.00 bits per heavy atom. The first-order valence-electron chi connectivity index (χ1n) is 9.81. The van der Waals surface area contributed by atoms with Gasteiger partial charge in [-0.25, -0.2) is 0 Å². The van der Waals surface area contributed by atoms with Crippen molar-refractivity contribution >= 4 is 10.9 Å².